The van der Waals surface area contributed by atoms with Gasteiger partial charge in [-0.3, -0.25) is 9.59 Å². The van der Waals surface area contributed by atoms with E-state index in [0.29, 0.717) is 6.42 Å². The number of nitrogens with one attached hydrogen (secondary N) is 2. The molecule has 0 aliphatic carbocycles. The summed E-state index contributed by atoms with van der Waals surface area (Å²) in [5.41, 5.74) is 1.20. The Morgan fingerprint density at radius 3 is 2.62 bits per heavy atom. The van der Waals surface area contributed by atoms with E-state index in [9.17, 15) is 9.59 Å². The van der Waals surface area contributed by atoms with E-state index in [1.165, 1.54) is 0 Å². The summed E-state index contributed by atoms with van der Waals surface area (Å²) in [4.78, 5) is 25.8. The Morgan fingerprint density at radius 2 is 2.05 bits per heavy atom. The summed E-state index contributed by atoms with van der Waals surface area (Å²) in [6.45, 7) is 3.61. The zero-order valence-electron chi connectivity index (χ0n) is 12.3. The molecule has 2 heterocycles. The summed E-state index contributed by atoms with van der Waals surface area (Å²) in [5.74, 6) is 0.180. The van der Waals surface area contributed by atoms with Gasteiger partial charge in [-0.05, 0) is 57.0 Å². The van der Waals surface area contributed by atoms with Gasteiger partial charge in [0.05, 0.1) is 5.54 Å². The molecule has 5 nitrogen and oxygen atoms in total. The number of hydrogen-bond donors (Lipinski definition) is 2. The standard InChI is InChI=1S/C16H21N3O2/c1-16(9-3-10-17-16)15(21)18-12-5-7-13(8-6-12)19-11-2-4-14(19)20/h5-8,17H,2-4,9-11H2,1H3,(H,18,21). The number of amides is 2. The molecule has 0 aromatic heterocycles. The smallest absolute Gasteiger partial charge is 0.244 e. The molecule has 112 valence electrons. The third kappa shape index (κ3) is 2.78. The maximum Gasteiger partial charge on any atom is 0.244 e. The van der Waals surface area contributed by atoms with E-state index in [-0.39, 0.29) is 11.8 Å². The molecule has 1 aromatic carbocycles. The van der Waals surface area contributed by atoms with Crippen molar-refractivity contribution >= 4 is 23.2 Å². The van der Waals surface area contributed by atoms with Gasteiger partial charge in [0, 0.05) is 24.3 Å². The number of anilines is 2. The van der Waals surface area contributed by atoms with Crippen molar-refractivity contribution in [1.82, 2.24) is 5.32 Å². The summed E-state index contributed by atoms with van der Waals surface area (Å²) in [6.07, 6.45) is 3.43. The number of benzene rings is 1. The first-order chi connectivity index (χ1) is 10.1. The zero-order chi connectivity index (χ0) is 14.9. The molecule has 2 aliphatic rings. The Morgan fingerprint density at radius 1 is 1.29 bits per heavy atom. The molecule has 1 atom stereocenters. The van der Waals surface area contributed by atoms with Crippen LogP contribution in [0.2, 0.25) is 0 Å². The Labute approximate surface area is 124 Å². The van der Waals surface area contributed by atoms with Crippen molar-refractivity contribution in [2.45, 2.75) is 38.1 Å². The topological polar surface area (TPSA) is 61.4 Å². The average molecular weight is 287 g/mol. The van der Waals surface area contributed by atoms with E-state index in [1.807, 2.05) is 31.2 Å². The van der Waals surface area contributed by atoms with Crippen LogP contribution in [0.1, 0.15) is 32.6 Å². The van der Waals surface area contributed by atoms with E-state index >= 15 is 0 Å². The van der Waals surface area contributed by atoms with Crippen molar-refractivity contribution in [3.63, 3.8) is 0 Å². The van der Waals surface area contributed by atoms with Crippen LogP contribution in [0.15, 0.2) is 24.3 Å². The maximum atomic E-state index is 12.3. The van der Waals surface area contributed by atoms with Gasteiger partial charge in [0.15, 0.2) is 0 Å². The quantitative estimate of drug-likeness (QED) is 0.892. The molecule has 0 radical (unpaired) electrons. The molecule has 0 spiro atoms. The van der Waals surface area contributed by atoms with E-state index in [1.54, 1.807) is 4.90 Å². The minimum atomic E-state index is -0.469. The molecular weight excluding hydrogens is 266 g/mol. The fourth-order valence-electron chi connectivity index (χ4n) is 3.00. The van der Waals surface area contributed by atoms with Crippen LogP contribution in [0.4, 0.5) is 11.4 Å². The van der Waals surface area contributed by atoms with Gasteiger partial charge >= 0.3 is 0 Å². The van der Waals surface area contributed by atoms with Crippen molar-refractivity contribution in [2.24, 2.45) is 0 Å². The lowest BCUT2D eigenvalue weighted by Crippen LogP contribution is -2.47. The molecule has 2 aliphatic heterocycles. The van der Waals surface area contributed by atoms with E-state index < -0.39 is 5.54 Å². The predicted molar refractivity (Wildman–Crippen MR) is 82.3 cm³/mol. The normalized spacial score (nSPS) is 25.4. The van der Waals surface area contributed by atoms with Gasteiger partial charge < -0.3 is 15.5 Å². The fourth-order valence-corrected chi connectivity index (χ4v) is 3.00. The van der Waals surface area contributed by atoms with Crippen LogP contribution < -0.4 is 15.5 Å². The first-order valence-corrected chi connectivity index (χ1v) is 7.55. The Hall–Kier alpha value is -1.88. The summed E-state index contributed by atoms with van der Waals surface area (Å²) in [7, 11) is 0. The molecule has 2 amide bonds. The molecule has 2 saturated heterocycles. The second kappa shape index (κ2) is 5.48. The minimum Gasteiger partial charge on any atom is -0.324 e. The molecule has 5 heteroatoms. The summed E-state index contributed by atoms with van der Waals surface area (Å²) in [5, 5.41) is 6.20. The number of carbonyl (C=O) groups excluding carboxylic acids is 2. The Kier molecular flexibility index (Phi) is 3.68. The molecular formula is C16H21N3O2. The lowest BCUT2D eigenvalue weighted by molar-refractivity contribution is -0.121. The van der Waals surface area contributed by atoms with Gasteiger partial charge in [-0.15, -0.1) is 0 Å². The molecule has 1 aromatic rings. The third-order valence-electron chi connectivity index (χ3n) is 4.38. The third-order valence-corrected chi connectivity index (χ3v) is 4.38. The maximum absolute atomic E-state index is 12.3. The van der Waals surface area contributed by atoms with Crippen molar-refractivity contribution < 1.29 is 9.59 Å². The van der Waals surface area contributed by atoms with Crippen LogP contribution in [-0.2, 0) is 9.59 Å². The summed E-state index contributed by atoms with van der Waals surface area (Å²) < 4.78 is 0. The number of carbonyl (C=O) groups is 2. The van der Waals surface area contributed by atoms with Crippen LogP contribution in [0.3, 0.4) is 0 Å². The van der Waals surface area contributed by atoms with Crippen molar-refractivity contribution in [1.29, 1.82) is 0 Å². The molecule has 0 bridgehead atoms. The highest BCUT2D eigenvalue weighted by Gasteiger charge is 2.35. The summed E-state index contributed by atoms with van der Waals surface area (Å²) in [6, 6.07) is 7.50. The number of rotatable bonds is 3. The first kappa shape index (κ1) is 14.1. The SMILES string of the molecule is CC1(C(=O)Nc2ccc(N3CCCC3=O)cc2)CCCN1. The van der Waals surface area contributed by atoms with Crippen LogP contribution in [0.25, 0.3) is 0 Å². The zero-order valence-corrected chi connectivity index (χ0v) is 12.3. The van der Waals surface area contributed by atoms with E-state index in [2.05, 4.69) is 10.6 Å². The van der Waals surface area contributed by atoms with Crippen molar-refractivity contribution in [3.05, 3.63) is 24.3 Å². The molecule has 3 rings (SSSR count). The highest BCUT2D eigenvalue weighted by Crippen LogP contribution is 2.24. The van der Waals surface area contributed by atoms with Gasteiger partial charge in [0.2, 0.25) is 11.8 Å². The monoisotopic (exact) mass is 287 g/mol. The van der Waals surface area contributed by atoms with Gasteiger partial charge in [0.25, 0.3) is 0 Å². The second-order valence-corrected chi connectivity index (χ2v) is 6.01. The van der Waals surface area contributed by atoms with Crippen molar-refractivity contribution in [3.8, 4) is 0 Å². The van der Waals surface area contributed by atoms with Gasteiger partial charge in [-0.25, -0.2) is 0 Å². The molecule has 2 N–H and O–H groups in total. The summed E-state index contributed by atoms with van der Waals surface area (Å²) >= 11 is 0. The van der Waals surface area contributed by atoms with Crippen LogP contribution in [0.5, 0.6) is 0 Å². The van der Waals surface area contributed by atoms with Gasteiger partial charge in [0.1, 0.15) is 0 Å². The van der Waals surface area contributed by atoms with Crippen LogP contribution >= 0.6 is 0 Å². The molecule has 1 unspecified atom stereocenters. The lowest BCUT2D eigenvalue weighted by Gasteiger charge is -2.23. The van der Waals surface area contributed by atoms with E-state index in [4.69, 9.17) is 0 Å². The first-order valence-electron chi connectivity index (χ1n) is 7.55. The lowest BCUT2D eigenvalue weighted by atomic mass is 9.99. The highest BCUT2D eigenvalue weighted by molar-refractivity contribution is 5.99. The van der Waals surface area contributed by atoms with Gasteiger partial charge in [-0.2, -0.15) is 0 Å². The Balaban J connectivity index is 1.67. The van der Waals surface area contributed by atoms with Crippen LogP contribution in [0, 0.1) is 0 Å². The van der Waals surface area contributed by atoms with Crippen LogP contribution in [-0.4, -0.2) is 30.4 Å². The highest BCUT2D eigenvalue weighted by atomic mass is 16.2. The minimum absolute atomic E-state index is 0.00463. The fraction of sp³-hybridized carbons (Fsp3) is 0.500. The molecule has 0 saturated carbocycles. The molecule has 21 heavy (non-hydrogen) atoms. The number of nitrogens with zero attached hydrogens (tertiary/aromatic N) is 1. The van der Waals surface area contributed by atoms with Crippen molar-refractivity contribution in [2.75, 3.05) is 23.3 Å². The van der Waals surface area contributed by atoms with Gasteiger partial charge in [-0.1, -0.05) is 0 Å². The largest absolute Gasteiger partial charge is 0.324 e. The molecule has 2 fully saturated rings. The van der Waals surface area contributed by atoms with E-state index in [0.717, 1.165) is 43.7 Å². The second-order valence-electron chi connectivity index (χ2n) is 6.01. The predicted octanol–water partition coefficient (Wildman–Crippen LogP) is 1.89. The average Bonchev–Trinajstić information content (AvgIpc) is 3.09. The number of hydrogen-bond acceptors (Lipinski definition) is 3. The Bertz CT molecular complexity index is 547.